The molecule has 0 saturated heterocycles. The van der Waals surface area contributed by atoms with Gasteiger partial charge in [0.05, 0.1) is 7.11 Å². The summed E-state index contributed by atoms with van der Waals surface area (Å²) < 4.78 is 4.92. The number of nitrogens with two attached hydrogens (primary N) is 1. The Bertz CT molecular complexity index is 328. The van der Waals surface area contributed by atoms with E-state index in [0.717, 1.165) is 44.8 Å². The zero-order chi connectivity index (χ0) is 14.6. The van der Waals surface area contributed by atoms with E-state index in [1.165, 1.54) is 32.8 Å². The molecule has 0 aliphatic heterocycles. The lowest BCUT2D eigenvalue weighted by atomic mass is 9.85. The molecule has 2 atom stereocenters. The highest BCUT2D eigenvalue weighted by molar-refractivity contribution is 5.81. The smallest absolute Gasteiger partial charge is 0.326 e. The van der Waals surface area contributed by atoms with Gasteiger partial charge in [0.15, 0.2) is 0 Å². The Balaban J connectivity index is 1.89. The predicted molar refractivity (Wildman–Crippen MR) is 80.4 cm³/mol. The van der Waals surface area contributed by atoms with E-state index in [1.807, 2.05) is 0 Å². The van der Waals surface area contributed by atoms with E-state index in [-0.39, 0.29) is 11.9 Å². The fourth-order valence-electron chi connectivity index (χ4n) is 4.15. The molecule has 4 nitrogen and oxygen atoms in total. The van der Waals surface area contributed by atoms with Crippen LogP contribution in [0.25, 0.3) is 0 Å². The molecule has 0 heterocycles. The van der Waals surface area contributed by atoms with Crippen LogP contribution in [0.3, 0.4) is 0 Å². The van der Waals surface area contributed by atoms with Gasteiger partial charge in [-0.1, -0.05) is 26.2 Å². The molecular weight excluding hydrogens is 252 g/mol. The molecule has 0 spiro atoms. The number of carbonyl (C=O) groups is 1. The number of hydrogen-bond donors (Lipinski definition) is 1. The fourth-order valence-corrected chi connectivity index (χ4v) is 4.15. The Kier molecular flexibility index (Phi) is 5.44. The fraction of sp³-hybridized carbons (Fsp3) is 0.938. The van der Waals surface area contributed by atoms with E-state index in [1.54, 1.807) is 0 Å². The zero-order valence-electron chi connectivity index (χ0n) is 13.1. The lowest BCUT2D eigenvalue weighted by Gasteiger charge is -2.32. The molecule has 0 aromatic carbocycles. The summed E-state index contributed by atoms with van der Waals surface area (Å²) in [4.78, 5) is 14.5. The number of methoxy groups -OCH3 is 1. The van der Waals surface area contributed by atoms with E-state index in [9.17, 15) is 4.79 Å². The lowest BCUT2D eigenvalue weighted by molar-refractivity contribution is -0.148. The van der Waals surface area contributed by atoms with E-state index in [4.69, 9.17) is 10.5 Å². The predicted octanol–water partition coefficient (Wildman–Crippen LogP) is 2.31. The van der Waals surface area contributed by atoms with E-state index in [0.29, 0.717) is 0 Å². The minimum absolute atomic E-state index is 0.219. The molecular formula is C16H30N2O2. The molecule has 2 aliphatic rings. The first-order valence-corrected chi connectivity index (χ1v) is 8.23. The molecule has 4 heteroatoms. The first-order valence-electron chi connectivity index (χ1n) is 8.23. The summed E-state index contributed by atoms with van der Waals surface area (Å²) >= 11 is 0. The lowest BCUT2D eigenvalue weighted by Crippen LogP contribution is -2.52. The Hall–Kier alpha value is -0.610. The Labute approximate surface area is 123 Å². The SMILES string of the molecule is CCN(CCC1CCCC1(N)C(=O)OC)C1CCCC1. The maximum atomic E-state index is 12.0. The maximum Gasteiger partial charge on any atom is 0.326 e. The second kappa shape index (κ2) is 6.90. The van der Waals surface area contributed by atoms with Gasteiger partial charge in [-0.15, -0.1) is 0 Å². The molecule has 2 fully saturated rings. The van der Waals surface area contributed by atoms with Crippen LogP contribution in [0.1, 0.15) is 58.3 Å². The van der Waals surface area contributed by atoms with Crippen LogP contribution < -0.4 is 5.73 Å². The van der Waals surface area contributed by atoms with Crippen molar-refractivity contribution in [1.82, 2.24) is 4.90 Å². The minimum atomic E-state index is -0.732. The summed E-state index contributed by atoms with van der Waals surface area (Å²) in [6.45, 7) is 4.41. The van der Waals surface area contributed by atoms with Gasteiger partial charge in [-0.05, 0) is 51.1 Å². The van der Waals surface area contributed by atoms with Gasteiger partial charge in [-0.3, -0.25) is 4.79 Å². The van der Waals surface area contributed by atoms with Crippen molar-refractivity contribution in [2.75, 3.05) is 20.2 Å². The largest absolute Gasteiger partial charge is 0.468 e. The Morgan fingerprint density at radius 1 is 1.30 bits per heavy atom. The van der Waals surface area contributed by atoms with Crippen molar-refractivity contribution >= 4 is 5.97 Å². The highest BCUT2D eigenvalue weighted by Crippen LogP contribution is 2.37. The quantitative estimate of drug-likeness (QED) is 0.760. The normalized spacial score (nSPS) is 31.1. The van der Waals surface area contributed by atoms with Gasteiger partial charge in [-0.25, -0.2) is 0 Å². The number of hydrogen-bond acceptors (Lipinski definition) is 4. The van der Waals surface area contributed by atoms with Gasteiger partial charge in [0, 0.05) is 6.04 Å². The summed E-state index contributed by atoms with van der Waals surface area (Å²) in [6.07, 6.45) is 9.32. The average molecular weight is 282 g/mol. The van der Waals surface area contributed by atoms with Gasteiger partial charge >= 0.3 is 5.97 Å². The Morgan fingerprint density at radius 3 is 2.60 bits per heavy atom. The van der Waals surface area contributed by atoms with Crippen molar-refractivity contribution in [3.8, 4) is 0 Å². The molecule has 0 bridgehead atoms. The molecule has 0 radical (unpaired) electrons. The van der Waals surface area contributed by atoms with Crippen molar-refractivity contribution in [3.63, 3.8) is 0 Å². The molecule has 0 aromatic heterocycles. The van der Waals surface area contributed by atoms with E-state index < -0.39 is 5.54 Å². The molecule has 0 amide bonds. The third-order valence-electron chi connectivity index (χ3n) is 5.45. The second-order valence-corrected chi connectivity index (χ2v) is 6.48. The minimum Gasteiger partial charge on any atom is -0.468 e. The highest BCUT2D eigenvalue weighted by atomic mass is 16.5. The number of ether oxygens (including phenoxy) is 1. The maximum absolute atomic E-state index is 12.0. The van der Waals surface area contributed by atoms with Gasteiger partial charge in [0.1, 0.15) is 5.54 Å². The molecule has 2 unspecified atom stereocenters. The van der Waals surface area contributed by atoms with Crippen LogP contribution in [-0.2, 0) is 9.53 Å². The van der Waals surface area contributed by atoms with Gasteiger partial charge in [0.2, 0.25) is 0 Å². The molecule has 2 aliphatic carbocycles. The van der Waals surface area contributed by atoms with Crippen molar-refractivity contribution in [2.45, 2.75) is 69.9 Å². The van der Waals surface area contributed by atoms with E-state index >= 15 is 0 Å². The third-order valence-corrected chi connectivity index (χ3v) is 5.45. The summed E-state index contributed by atoms with van der Waals surface area (Å²) in [7, 11) is 1.45. The molecule has 116 valence electrons. The Morgan fingerprint density at radius 2 is 2.00 bits per heavy atom. The van der Waals surface area contributed by atoms with Crippen LogP contribution in [0, 0.1) is 5.92 Å². The van der Waals surface area contributed by atoms with Crippen LogP contribution >= 0.6 is 0 Å². The molecule has 0 aromatic rings. The van der Waals surface area contributed by atoms with Crippen molar-refractivity contribution in [1.29, 1.82) is 0 Å². The zero-order valence-corrected chi connectivity index (χ0v) is 13.1. The van der Waals surface area contributed by atoms with Gasteiger partial charge in [0.25, 0.3) is 0 Å². The van der Waals surface area contributed by atoms with E-state index in [2.05, 4.69) is 11.8 Å². The molecule has 2 saturated carbocycles. The van der Waals surface area contributed by atoms with Crippen LogP contribution in [0.4, 0.5) is 0 Å². The van der Waals surface area contributed by atoms with Crippen molar-refractivity contribution in [3.05, 3.63) is 0 Å². The molecule has 2 rings (SSSR count). The third kappa shape index (κ3) is 3.17. The summed E-state index contributed by atoms with van der Waals surface area (Å²) in [6, 6.07) is 0.756. The number of carbonyl (C=O) groups excluding carboxylic acids is 1. The van der Waals surface area contributed by atoms with Crippen LogP contribution in [-0.4, -0.2) is 42.6 Å². The van der Waals surface area contributed by atoms with Crippen LogP contribution in [0.5, 0.6) is 0 Å². The van der Waals surface area contributed by atoms with Crippen molar-refractivity contribution in [2.24, 2.45) is 11.7 Å². The monoisotopic (exact) mass is 282 g/mol. The topological polar surface area (TPSA) is 55.6 Å². The molecule has 2 N–H and O–H groups in total. The summed E-state index contributed by atoms with van der Waals surface area (Å²) in [5.74, 6) is 0.0642. The second-order valence-electron chi connectivity index (χ2n) is 6.48. The van der Waals surface area contributed by atoms with Gasteiger partial charge in [-0.2, -0.15) is 0 Å². The van der Waals surface area contributed by atoms with Crippen LogP contribution in [0.15, 0.2) is 0 Å². The van der Waals surface area contributed by atoms with Crippen LogP contribution in [0.2, 0.25) is 0 Å². The summed E-state index contributed by atoms with van der Waals surface area (Å²) in [5, 5.41) is 0. The first kappa shape index (κ1) is 15.8. The average Bonchev–Trinajstić information content (AvgIpc) is 3.10. The number of nitrogens with zero attached hydrogens (tertiary/aromatic N) is 1. The number of rotatable bonds is 6. The summed E-state index contributed by atoms with van der Waals surface area (Å²) in [5.41, 5.74) is 5.61. The highest BCUT2D eigenvalue weighted by Gasteiger charge is 2.46. The first-order chi connectivity index (χ1) is 9.61. The molecule has 20 heavy (non-hydrogen) atoms. The standard InChI is InChI=1S/C16H30N2O2/c1-3-18(14-8-4-5-9-14)12-10-13-7-6-11-16(13,17)15(19)20-2/h13-14H,3-12,17H2,1-2H3. The van der Waals surface area contributed by atoms with Gasteiger partial charge < -0.3 is 15.4 Å². The van der Waals surface area contributed by atoms with Crippen molar-refractivity contribution < 1.29 is 9.53 Å². The number of esters is 1.